The lowest BCUT2D eigenvalue weighted by atomic mass is 9.51. The summed E-state index contributed by atoms with van der Waals surface area (Å²) in [6.45, 7) is 2.95. The number of rotatable bonds is 8. The molecule has 0 spiro atoms. The molecule has 3 heteroatoms. The number of likely N-dealkylation sites (tertiary alicyclic amines) is 1. The maximum atomic E-state index is 11.2. The van der Waals surface area contributed by atoms with Gasteiger partial charge in [0, 0.05) is 29.8 Å². The monoisotopic (exact) mass is 462 g/mol. The van der Waals surface area contributed by atoms with E-state index in [-0.39, 0.29) is 12.0 Å². The van der Waals surface area contributed by atoms with Crippen LogP contribution in [-0.4, -0.2) is 41.2 Å². The first-order valence-corrected chi connectivity index (χ1v) is 12.7. The van der Waals surface area contributed by atoms with E-state index in [1.54, 1.807) is 0 Å². The Morgan fingerprint density at radius 3 is 1.89 bits per heavy atom. The van der Waals surface area contributed by atoms with Crippen LogP contribution in [-0.2, 0) is 17.3 Å². The van der Waals surface area contributed by atoms with E-state index < -0.39 is 5.41 Å². The van der Waals surface area contributed by atoms with E-state index in [0.717, 1.165) is 38.9 Å². The number of aliphatic hydroxyl groups excluding tert-OH is 1. The van der Waals surface area contributed by atoms with Gasteiger partial charge in [-0.1, -0.05) is 97.1 Å². The van der Waals surface area contributed by atoms with Crippen LogP contribution in [0.25, 0.3) is 0 Å². The summed E-state index contributed by atoms with van der Waals surface area (Å²) in [6.07, 6.45) is 6.81. The Morgan fingerprint density at radius 1 is 0.743 bits per heavy atom. The maximum absolute atomic E-state index is 11.2. The van der Waals surface area contributed by atoms with Gasteiger partial charge in [0.1, 0.15) is 0 Å². The maximum Gasteiger partial charge on any atom is 0.0540 e. The summed E-state index contributed by atoms with van der Waals surface area (Å²) in [7, 11) is 0. The Morgan fingerprint density at radius 2 is 1.34 bits per heavy atom. The van der Waals surface area contributed by atoms with Gasteiger partial charge in [-0.25, -0.2) is 0 Å². The highest BCUT2D eigenvalue weighted by Crippen LogP contribution is 2.53. The van der Waals surface area contributed by atoms with E-state index >= 15 is 0 Å². The van der Waals surface area contributed by atoms with Gasteiger partial charge in [-0.2, -0.15) is 0 Å². The molecule has 1 aliphatic heterocycles. The Kier molecular flexibility index (Phi) is 7.08. The fourth-order valence-corrected chi connectivity index (χ4v) is 6.17. The van der Waals surface area contributed by atoms with Crippen molar-refractivity contribution in [3.05, 3.63) is 138 Å². The number of aliphatic hydroxyl groups is 1. The summed E-state index contributed by atoms with van der Waals surface area (Å²) in [5.74, 6) is 0. The predicted molar refractivity (Wildman–Crippen MR) is 142 cm³/mol. The van der Waals surface area contributed by atoms with Crippen LogP contribution in [0.3, 0.4) is 0 Å². The first-order valence-electron chi connectivity index (χ1n) is 12.7. The molecule has 0 amide bonds. The molecule has 1 aliphatic rings. The van der Waals surface area contributed by atoms with Gasteiger partial charge in [0.25, 0.3) is 0 Å². The van der Waals surface area contributed by atoms with Crippen molar-refractivity contribution in [2.45, 2.75) is 30.1 Å². The summed E-state index contributed by atoms with van der Waals surface area (Å²) in [6, 6.07) is 36.6. The average Bonchev–Trinajstić information content (AvgIpc) is 2.95. The van der Waals surface area contributed by atoms with Crippen molar-refractivity contribution in [3.63, 3.8) is 0 Å². The van der Waals surface area contributed by atoms with Crippen molar-refractivity contribution in [1.82, 2.24) is 9.88 Å². The highest BCUT2D eigenvalue weighted by atomic mass is 16.3. The highest BCUT2D eigenvalue weighted by molar-refractivity contribution is 5.50. The normalized spacial score (nSPS) is 19.9. The van der Waals surface area contributed by atoms with Gasteiger partial charge in [-0.15, -0.1) is 0 Å². The molecule has 0 radical (unpaired) electrons. The van der Waals surface area contributed by atoms with Gasteiger partial charge in [0.05, 0.1) is 6.61 Å². The quantitative estimate of drug-likeness (QED) is 0.368. The number of aromatic nitrogens is 1. The summed E-state index contributed by atoms with van der Waals surface area (Å²) < 4.78 is 0. The van der Waals surface area contributed by atoms with Crippen LogP contribution < -0.4 is 0 Å². The van der Waals surface area contributed by atoms with E-state index in [1.807, 2.05) is 18.5 Å². The third-order valence-corrected chi connectivity index (χ3v) is 7.92. The third kappa shape index (κ3) is 4.42. The summed E-state index contributed by atoms with van der Waals surface area (Å²) >= 11 is 0. The number of nitrogens with zero attached hydrogens (tertiary/aromatic N) is 2. The van der Waals surface area contributed by atoms with Crippen molar-refractivity contribution in [1.29, 1.82) is 0 Å². The van der Waals surface area contributed by atoms with Crippen molar-refractivity contribution in [3.8, 4) is 0 Å². The van der Waals surface area contributed by atoms with Crippen LogP contribution in [0.4, 0.5) is 0 Å². The molecule has 1 atom stereocenters. The van der Waals surface area contributed by atoms with Gasteiger partial charge in [-0.3, -0.25) is 4.98 Å². The zero-order valence-corrected chi connectivity index (χ0v) is 20.3. The fourth-order valence-electron chi connectivity index (χ4n) is 6.17. The minimum Gasteiger partial charge on any atom is -0.395 e. The Balaban J connectivity index is 1.58. The number of benzene rings is 3. The molecule has 1 saturated heterocycles. The van der Waals surface area contributed by atoms with Crippen molar-refractivity contribution >= 4 is 0 Å². The average molecular weight is 463 g/mol. The smallest absolute Gasteiger partial charge is 0.0540 e. The molecule has 3 aromatic carbocycles. The number of piperidine rings is 1. The van der Waals surface area contributed by atoms with Crippen LogP contribution in [0.1, 0.15) is 35.1 Å². The number of aryl methyl sites for hydroxylation is 1. The lowest BCUT2D eigenvalue weighted by Gasteiger charge is -2.57. The zero-order chi connectivity index (χ0) is 24.0. The first-order chi connectivity index (χ1) is 17.3. The molecule has 2 heterocycles. The molecule has 1 unspecified atom stereocenters. The number of hydrogen-bond donors (Lipinski definition) is 1. The Hall–Kier alpha value is -3.27. The predicted octanol–water partition coefficient (Wildman–Crippen LogP) is 5.64. The summed E-state index contributed by atoms with van der Waals surface area (Å²) in [5, 5.41) is 11.2. The molecule has 1 N–H and O–H groups in total. The van der Waals surface area contributed by atoms with E-state index in [1.165, 1.54) is 22.3 Å². The Labute approximate surface area is 209 Å². The topological polar surface area (TPSA) is 36.4 Å². The van der Waals surface area contributed by atoms with E-state index in [0.29, 0.717) is 0 Å². The molecule has 0 aliphatic carbocycles. The molecular weight excluding hydrogens is 428 g/mol. The Bertz CT molecular complexity index is 1140. The lowest BCUT2D eigenvalue weighted by molar-refractivity contribution is 0.0381. The van der Waals surface area contributed by atoms with Gasteiger partial charge < -0.3 is 10.0 Å². The minimum atomic E-state index is -0.420. The second kappa shape index (κ2) is 10.6. The van der Waals surface area contributed by atoms with Crippen molar-refractivity contribution in [2.75, 3.05) is 26.2 Å². The van der Waals surface area contributed by atoms with E-state index in [9.17, 15) is 5.11 Å². The van der Waals surface area contributed by atoms with Crippen LogP contribution in [0.15, 0.2) is 116 Å². The summed E-state index contributed by atoms with van der Waals surface area (Å²) in [5.41, 5.74) is 4.23. The zero-order valence-electron chi connectivity index (χ0n) is 20.3. The molecule has 35 heavy (non-hydrogen) atoms. The standard InChI is InChI=1S/C32H34N2O/c35-26-31(28-14-4-1-5-15-28)20-23-34(22-11-13-27-12-10-21-33-24-27)25-32(31,29-16-6-2-7-17-29)30-18-8-3-9-19-30/h1-10,12,14-19,21,24,35H,11,13,20,22-23,25-26H2. The van der Waals surface area contributed by atoms with Gasteiger partial charge in [0.2, 0.25) is 0 Å². The lowest BCUT2D eigenvalue weighted by Crippen LogP contribution is -2.63. The second-order valence-electron chi connectivity index (χ2n) is 9.73. The second-order valence-corrected chi connectivity index (χ2v) is 9.73. The molecule has 1 aromatic heterocycles. The third-order valence-electron chi connectivity index (χ3n) is 7.92. The van der Waals surface area contributed by atoms with Crippen LogP contribution >= 0.6 is 0 Å². The molecule has 3 nitrogen and oxygen atoms in total. The van der Waals surface area contributed by atoms with E-state index in [2.05, 4.69) is 107 Å². The number of hydrogen-bond acceptors (Lipinski definition) is 3. The molecule has 1 fully saturated rings. The molecule has 4 aromatic rings. The molecule has 178 valence electrons. The van der Waals surface area contributed by atoms with Gasteiger partial charge >= 0.3 is 0 Å². The van der Waals surface area contributed by atoms with Crippen molar-refractivity contribution < 1.29 is 5.11 Å². The highest BCUT2D eigenvalue weighted by Gasteiger charge is 2.56. The van der Waals surface area contributed by atoms with Crippen LogP contribution in [0, 0.1) is 0 Å². The van der Waals surface area contributed by atoms with E-state index in [4.69, 9.17) is 0 Å². The SMILES string of the molecule is OCC1(c2ccccc2)CCN(CCCc2cccnc2)CC1(c1ccccc1)c1ccccc1. The largest absolute Gasteiger partial charge is 0.395 e. The molecule has 5 rings (SSSR count). The summed E-state index contributed by atoms with van der Waals surface area (Å²) in [4.78, 5) is 6.88. The van der Waals surface area contributed by atoms with Crippen LogP contribution in [0.2, 0.25) is 0 Å². The van der Waals surface area contributed by atoms with Crippen LogP contribution in [0.5, 0.6) is 0 Å². The first kappa shape index (κ1) is 23.5. The molecule has 0 saturated carbocycles. The van der Waals surface area contributed by atoms with Gasteiger partial charge in [0.15, 0.2) is 0 Å². The minimum absolute atomic E-state index is 0.102. The molecular formula is C32H34N2O. The van der Waals surface area contributed by atoms with Gasteiger partial charge in [-0.05, 0) is 60.7 Å². The fraction of sp³-hybridized carbons (Fsp3) is 0.281. The van der Waals surface area contributed by atoms with Crippen molar-refractivity contribution in [2.24, 2.45) is 0 Å². The molecule has 0 bridgehead atoms. The number of pyridine rings is 1.